The molecule has 0 bridgehead atoms. The molecular weight excluding hydrogens is 323 g/mol. The van der Waals surface area contributed by atoms with Gasteiger partial charge in [0, 0.05) is 7.05 Å². The van der Waals surface area contributed by atoms with E-state index in [1.54, 1.807) is 25.2 Å². The Kier molecular flexibility index (Phi) is 4.85. The van der Waals surface area contributed by atoms with Crippen molar-refractivity contribution in [1.29, 1.82) is 0 Å². The Morgan fingerprint density at radius 3 is 2.70 bits per heavy atom. The van der Waals surface area contributed by atoms with Crippen LogP contribution >= 0.6 is 35.0 Å². The molecule has 6 nitrogen and oxygen atoms in total. The lowest BCUT2D eigenvalue weighted by atomic mass is 10.1. The first-order valence-electron chi connectivity index (χ1n) is 5.44. The number of rotatable bonds is 4. The zero-order valence-corrected chi connectivity index (χ0v) is 12.9. The summed E-state index contributed by atoms with van der Waals surface area (Å²) in [5, 5.41) is 11.7. The molecule has 0 amide bonds. The van der Waals surface area contributed by atoms with Crippen molar-refractivity contribution >= 4 is 40.9 Å². The maximum atomic E-state index is 11.9. The molecule has 1 heterocycles. The average molecular weight is 333 g/mol. The van der Waals surface area contributed by atoms with Crippen molar-refractivity contribution in [2.24, 2.45) is 7.05 Å². The van der Waals surface area contributed by atoms with E-state index in [1.807, 2.05) is 0 Å². The highest BCUT2D eigenvalue weighted by Gasteiger charge is 2.25. The molecule has 0 aliphatic heterocycles. The first-order chi connectivity index (χ1) is 9.52. The SMILES string of the molecule is COC(=O)[C@@H](Sc1nnnn1C)c1ccc(Cl)c(Cl)c1. The van der Waals surface area contributed by atoms with Gasteiger partial charge in [0.1, 0.15) is 5.25 Å². The minimum Gasteiger partial charge on any atom is -0.468 e. The van der Waals surface area contributed by atoms with E-state index in [2.05, 4.69) is 15.5 Å². The zero-order valence-electron chi connectivity index (χ0n) is 10.6. The second-order valence-corrected chi connectivity index (χ2v) is 5.67. The summed E-state index contributed by atoms with van der Waals surface area (Å²) in [4.78, 5) is 11.9. The first-order valence-corrected chi connectivity index (χ1v) is 7.08. The van der Waals surface area contributed by atoms with Gasteiger partial charge < -0.3 is 4.74 Å². The Labute approximate surface area is 129 Å². The maximum absolute atomic E-state index is 11.9. The molecule has 0 saturated carbocycles. The van der Waals surface area contributed by atoms with E-state index in [9.17, 15) is 4.79 Å². The summed E-state index contributed by atoms with van der Waals surface area (Å²) in [5.74, 6) is -0.420. The summed E-state index contributed by atoms with van der Waals surface area (Å²) < 4.78 is 6.28. The summed E-state index contributed by atoms with van der Waals surface area (Å²) in [6.45, 7) is 0. The third kappa shape index (κ3) is 3.23. The number of aromatic nitrogens is 4. The number of hydrogen-bond donors (Lipinski definition) is 0. The summed E-state index contributed by atoms with van der Waals surface area (Å²) in [6.07, 6.45) is 0. The Balaban J connectivity index is 2.34. The predicted octanol–water partition coefficient (Wildman–Crippen LogP) is 2.52. The molecule has 20 heavy (non-hydrogen) atoms. The number of ether oxygens (including phenoxy) is 1. The number of thioether (sulfide) groups is 1. The van der Waals surface area contributed by atoms with Gasteiger partial charge in [-0.1, -0.05) is 41.0 Å². The van der Waals surface area contributed by atoms with Gasteiger partial charge in [0.25, 0.3) is 0 Å². The normalized spacial score (nSPS) is 12.2. The van der Waals surface area contributed by atoms with E-state index in [0.29, 0.717) is 20.8 Å². The minimum absolute atomic E-state index is 0.370. The Morgan fingerprint density at radius 1 is 1.40 bits per heavy atom. The molecule has 0 spiro atoms. The molecule has 0 aliphatic rings. The van der Waals surface area contributed by atoms with Crippen molar-refractivity contribution in [2.45, 2.75) is 10.4 Å². The lowest BCUT2D eigenvalue weighted by Crippen LogP contribution is -2.12. The molecule has 0 N–H and O–H groups in total. The number of hydrogen-bond acceptors (Lipinski definition) is 6. The Hall–Kier alpha value is -1.31. The van der Waals surface area contributed by atoms with E-state index < -0.39 is 11.2 Å². The number of methoxy groups -OCH3 is 1. The maximum Gasteiger partial charge on any atom is 0.323 e. The third-order valence-electron chi connectivity index (χ3n) is 2.47. The molecule has 2 rings (SSSR count). The van der Waals surface area contributed by atoms with Gasteiger partial charge in [-0.15, -0.1) is 5.10 Å². The van der Waals surface area contributed by atoms with Crippen molar-refractivity contribution in [1.82, 2.24) is 20.2 Å². The quantitative estimate of drug-likeness (QED) is 0.633. The minimum atomic E-state index is -0.625. The lowest BCUT2D eigenvalue weighted by Gasteiger charge is -2.14. The monoisotopic (exact) mass is 332 g/mol. The van der Waals surface area contributed by atoms with Crippen molar-refractivity contribution in [3.05, 3.63) is 33.8 Å². The highest BCUT2D eigenvalue weighted by Crippen LogP contribution is 2.36. The van der Waals surface area contributed by atoms with Crippen LogP contribution in [-0.2, 0) is 16.6 Å². The molecule has 0 aliphatic carbocycles. The zero-order chi connectivity index (χ0) is 14.7. The van der Waals surface area contributed by atoms with Crippen LogP contribution in [0.25, 0.3) is 0 Å². The molecule has 0 unspecified atom stereocenters. The van der Waals surface area contributed by atoms with Crippen LogP contribution in [0.5, 0.6) is 0 Å². The largest absolute Gasteiger partial charge is 0.468 e. The summed E-state index contributed by atoms with van der Waals surface area (Å²) in [5.41, 5.74) is 0.666. The van der Waals surface area contributed by atoms with Gasteiger partial charge in [0.2, 0.25) is 5.16 Å². The summed E-state index contributed by atoms with van der Waals surface area (Å²) in [6, 6.07) is 4.97. The van der Waals surface area contributed by atoms with Gasteiger partial charge in [-0.25, -0.2) is 4.68 Å². The summed E-state index contributed by atoms with van der Waals surface area (Å²) >= 11 is 13.0. The van der Waals surface area contributed by atoms with Crippen LogP contribution in [0.15, 0.2) is 23.4 Å². The number of benzene rings is 1. The number of nitrogens with zero attached hydrogens (tertiary/aromatic N) is 4. The van der Waals surface area contributed by atoms with Gasteiger partial charge in [-0.3, -0.25) is 4.79 Å². The fraction of sp³-hybridized carbons (Fsp3) is 0.273. The number of carbonyl (C=O) groups is 1. The fourth-order valence-corrected chi connectivity index (χ4v) is 2.73. The fourth-order valence-electron chi connectivity index (χ4n) is 1.46. The van der Waals surface area contributed by atoms with Gasteiger partial charge in [0.15, 0.2) is 0 Å². The number of tetrazole rings is 1. The second kappa shape index (κ2) is 6.43. The molecule has 106 valence electrons. The molecule has 1 aromatic heterocycles. The molecule has 1 aromatic carbocycles. The third-order valence-corrected chi connectivity index (χ3v) is 4.46. The standard InChI is InChI=1S/C11H10Cl2N4O2S/c1-17-11(14-15-16-17)20-9(10(18)19-2)6-3-4-7(12)8(13)5-6/h3-5,9H,1-2H3/t9-/m0/s1. The number of carbonyl (C=O) groups excluding carboxylic acids is 1. The van der Waals surface area contributed by atoms with E-state index in [4.69, 9.17) is 27.9 Å². The molecule has 0 fully saturated rings. The van der Waals surface area contributed by atoms with Gasteiger partial charge >= 0.3 is 5.97 Å². The number of aryl methyl sites for hydroxylation is 1. The van der Waals surface area contributed by atoms with E-state index >= 15 is 0 Å². The van der Waals surface area contributed by atoms with Crippen molar-refractivity contribution in [3.8, 4) is 0 Å². The highest BCUT2D eigenvalue weighted by molar-refractivity contribution is 8.00. The first kappa shape index (κ1) is 15.1. The number of halogens is 2. The molecular formula is C11H10Cl2N4O2S. The van der Waals surface area contributed by atoms with Gasteiger partial charge in [0.05, 0.1) is 17.2 Å². The molecule has 0 saturated heterocycles. The van der Waals surface area contributed by atoms with Crippen LogP contribution in [0.2, 0.25) is 10.0 Å². The van der Waals surface area contributed by atoms with E-state index in [0.717, 1.165) is 0 Å². The van der Waals surface area contributed by atoms with Crippen LogP contribution in [0.3, 0.4) is 0 Å². The molecule has 2 aromatic rings. The topological polar surface area (TPSA) is 69.9 Å². The predicted molar refractivity (Wildman–Crippen MR) is 75.9 cm³/mol. The molecule has 1 atom stereocenters. The summed E-state index contributed by atoms with van der Waals surface area (Å²) in [7, 11) is 3.01. The van der Waals surface area contributed by atoms with Gasteiger partial charge in [-0.05, 0) is 28.1 Å². The Morgan fingerprint density at radius 2 is 2.15 bits per heavy atom. The van der Waals surface area contributed by atoms with Crippen molar-refractivity contribution in [2.75, 3.05) is 7.11 Å². The highest BCUT2D eigenvalue weighted by atomic mass is 35.5. The van der Waals surface area contributed by atoms with Crippen LogP contribution in [0.1, 0.15) is 10.8 Å². The molecule has 0 radical (unpaired) electrons. The van der Waals surface area contributed by atoms with Crippen LogP contribution < -0.4 is 0 Å². The second-order valence-electron chi connectivity index (χ2n) is 3.78. The lowest BCUT2D eigenvalue weighted by molar-refractivity contribution is -0.140. The van der Waals surface area contributed by atoms with Crippen LogP contribution in [0.4, 0.5) is 0 Å². The van der Waals surface area contributed by atoms with Crippen LogP contribution in [-0.4, -0.2) is 33.3 Å². The van der Waals surface area contributed by atoms with E-state index in [1.165, 1.54) is 23.6 Å². The van der Waals surface area contributed by atoms with Crippen molar-refractivity contribution < 1.29 is 9.53 Å². The number of esters is 1. The van der Waals surface area contributed by atoms with Gasteiger partial charge in [-0.2, -0.15) is 0 Å². The van der Waals surface area contributed by atoms with Crippen molar-refractivity contribution in [3.63, 3.8) is 0 Å². The average Bonchev–Trinajstić information content (AvgIpc) is 2.84. The Bertz CT molecular complexity index is 635. The molecule has 9 heteroatoms. The van der Waals surface area contributed by atoms with Crippen LogP contribution in [0, 0.1) is 0 Å². The van der Waals surface area contributed by atoms with E-state index in [-0.39, 0.29) is 0 Å². The smallest absolute Gasteiger partial charge is 0.323 e.